The molecule has 0 aromatic rings. The van der Waals surface area contributed by atoms with Crippen LogP contribution in [0.3, 0.4) is 0 Å². The Kier molecular flexibility index (Phi) is 2.88. The molecule has 0 unspecified atom stereocenters. The summed E-state index contributed by atoms with van der Waals surface area (Å²) in [4.78, 5) is 23.3. The number of carbonyl (C=O) groups excluding carboxylic acids is 2. The summed E-state index contributed by atoms with van der Waals surface area (Å²) in [5, 5.41) is 9.75. The number of esters is 2. The second-order valence-electron chi connectivity index (χ2n) is 4.56. The van der Waals surface area contributed by atoms with E-state index in [1.807, 2.05) is 0 Å². The molecular formula is C11H16O5. The Morgan fingerprint density at radius 3 is 2.19 bits per heavy atom. The van der Waals surface area contributed by atoms with Crippen LogP contribution in [0.2, 0.25) is 0 Å². The maximum atomic E-state index is 11.6. The minimum absolute atomic E-state index is 0.0524. The topological polar surface area (TPSA) is 72.8 Å². The van der Waals surface area contributed by atoms with Crippen LogP contribution in [0.4, 0.5) is 0 Å². The van der Waals surface area contributed by atoms with Crippen LogP contribution >= 0.6 is 0 Å². The molecule has 0 heterocycles. The van der Waals surface area contributed by atoms with Gasteiger partial charge in [0.2, 0.25) is 0 Å². The van der Waals surface area contributed by atoms with Crippen molar-refractivity contribution in [2.45, 2.75) is 18.9 Å². The Morgan fingerprint density at radius 2 is 1.62 bits per heavy atom. The lowest BCUT2D eigenvalue weighted by Gasteiger charge is -2.29. The molecule has 5 heteroatoms. The highest BCUT2D eigenvalue weighted by Gasteiger charge is 2.58. The molecule has 2 fully saturated rings. The van der Waals surface area contributed by atoms with Gasteiger partial charge in [0.05, 0.1) is 32.2 Å². The third-order valence-corrected chi connectivity index (χ3v) is 3.92. The van der Waals surface area contributed by atoms with Crippen molar-refractivity contribution in [3.63, 3.8) is 0 Å². The number of methoxy groups -OCH3 is 2. The summed E-state index contributed by atoms with van der Waals surface area (Å²) < 4.78 is 9.42. The van der Waals surface area contributed by atoms with Gasteiger partial charge in [-0.15, -0.1) is 0 Å². The maximum Gasteiger partial charge on any atom is 0.309 e. The zero-order valence-electron chi connectivity index (χ0n) is 9.38. The van der Waals surface area contributed by atoms with Crippen molar-refractivity contribution in [2.75, 3.05) is 14.2 Å². The van der Waals surface area contributed by atoms with E-state index in [2.05, 4.69) is 0 Å². The standard InChI is InChI=1S/C11H16O5/c1-15-10(13)8-5-3-6(7(12)4-5)9(8)11(14)16-2/h5-9,12H,3-4H2,1-2H3/t5-,6+,7+,8+,9-/m0/s1. The summed E-state index contributed by atoms with van der Waals surface area (Å²) in [7, 11) is 2.62. The molecule has 0 radical (unpaired) electrons. The van der Waals surface area contributed by atoms with E-state index in [0.717, 1.165) is 0 Å². The minimum Gasteiger partial charge on any atom is -0.469 e. The average molecular weight is 228 g/mol. The van der Waals surface area contributed by atoms with Crippen LogP contribution in [0.5, 0.6) is 0 Å². The van der Waals surface area contributed by atoms with Gasteiger partial charge >= 0.3 is 11.9 Å². The molecule has 0 aliphatic heterocycles. The molecule has 1 N–H and O–H groups in total. The lowest BCUT2D eigenvalue weighted by atomic mass is 9.78. The van der Waals surface area contributed by atoms with Crippen LogP contribution in [-0.4, -0.2) is 37.4 Å². The number of ether oxygens (including phenoxy) is 2. The van der Waals surface area contributed by atoms with Crippen LogP contribution < -0.4 is 0 Å². The van der Waals surface area contributed by atoms with Crippen molar-refractivity contribution in [2.24, 2.45) is 23.7 Å². The van der Waals surface area contributed by atoms with Crippen molar-refractivity contribution < 1.29 is 24.2 Å². The van der Waals surface area contributed by atoms with Crippen molar-refractivity contribution in [3.05, 3.63) is 0 Å². The van der Waals surface area contributed by atoms with Crippen molar-refractivity contribution in [3.8, 4) is 0 Å². The average Bonchev–Trinajstić information content (AvgIpc) is 2.82. The van der Waals surface area contributed by atoms with Gasteiger partial charge in [0.25, 0.3) is 0 Å². The van der Waals surface area contributed by atoms with E-state index in [1.165, 1.54) is 14.2 Å². The predicted molar refractivity (Wildman–Crippen MR) is 53.2 cm³/mol. The molecule has 2 aliphatic carbocycles. The molecule has 5 atom stereocenters. The van der Waals surface area contributed by atoms with E-state index in [4.69, 9.17) is 9.47 Å². The van der Waals surface area contributed by atoms with Crippen LogP contribution in [-0.2, 0) is 19.1 Å². The van der Waals surface area contributed by atoms with E-state index in [0.29, 0.717) is 12.8 Å². The van der Waals surface area contributed by atoms with Gasteiger partial charge in [-0.05, 0) is 24.7 Å². The number of hydrogen-bond donors (Lipinski definition) is 1. The zero-order valence-corrected chi connectivity index (χ0v) is 9.38. The van der Waals surface area contributed by atoms with Gasteiger partial charge in [0, 0.05) is 0 Å². The molecule has 0 aromatic heterocycles. The van der Waals surface area contributed by atoms with Crippen molar-refractivity contribution >= 4 is 11.9 Å². The molecular weight excluding hydrogens is 212 g/mol. The third kappa shape index (κ3) is 1.50. The SMILES string of the molecule is COC(=O)[C@@H]1[C@H]2C[C@@H]([C@@H]1C(=O)OC)[C@H](O)C2. The predicted octanol–water partition coefficient (Wildman–Crippen LogP) is -0.0345. The lowest BCUT2D eigenvalue weighted by Crippen LogP contribution is -2.41. The monoisotopic (exact) mass is 228 g/mol. The fourth-order valence-corrected chi connectivity index (χ4v) is 3.26. The van der Waals surface area contributed by atoms with Crippen LogP contribution in [0.1, 0.15) is 12.8 Å². The summed E-state index contributed by atoms with van der Waals surface area (Å²) in [5.74, 6) is -1.86. The fourth-order valence-electron chi connectivity index (χ4n) is 3.26. The summed E-state index contributed by atoms with van der Waals surface area (Å²) >= 11 is 0. The normalized spacial score (nSPS) is 40.8. The molecule has 2 rings (SSSR count). The number of aliphatic hydroxyl groups excluding tert-OH is 1. The molecule has 0 spiro atoms. The highest BCUT2D eigenvalue weighted by molar-refractivity contribution is 5.83. The van der Waals surface area contributed by atoms with E-state index in [-0.39, 0.29) is 17.8 Å². The second-order valence-corrected chi connectivity index (χ2v) is 4.56. The molecule has 2 bridgehead atoms. The molecule has 0 saturated heterocycles. The summed E-state index contributed by atoms with van der Waals surface area (Å²) in [5.41, 5.74) is 0. The van der Waals surface area contributed by atoms with Crippen molar-refractivity contribution in [1.82, 2.24) is 0 Å². The molecule has 90 valence electrons. The summed E-state index contributed by atoms with van der Waals surface area (Å²) in [6.07, 6.45) is 0.800. The van der Waals surface area contributed by atoms with Gasteiger partial charge in [-0.1, -0.05) is 0 Å². The fraction of sp³-hybridized carbons (Fsp3) is 0.818. The number of rotatable bonds is 2. The van der Waals surface area contributed by atoms with E-state index in [1.54, 1.807) is 0 Å². The first kappa shape index (κ1) is 11.4. The summed E-state index contributed by atoms with van der Waals surface area (Å²) in [6, 6.07) is 0. The summed E-state index contributed by atoms with van der Waals surface area (Å²) in [6.45, 7) is 0. The zero-order chi connectivity index (χ0) is 11.9. The lowest BCUT2D eigenvalue weighted by molar-refractivity contribution is -0.162. The number of fused-ring (bicyclic) bond motifs is 2. The first-order valence-corrected chi connectivity index (χ1v) is 5.43. The Labute approximate surface area is 93.7 Å². The van der Waals surface area contributed by atoms with Crippen molar-refractivity contribution in [1.29, 1.82) is 0 Å². The first-order valence-electron chi connectivity index (χ1n) is 5.43. The first-order chi connectivity index (χ1) is 7.60. The largest absolute Gasteiger partial charge is 0.469 e. The Balaban J connectivity index is 2.24. The highest BCUT2D eigenvalue weighted by Crippen LogP contribution is 2.53. The number of carbonyl (C=O) groups is 2. The van der Waals surface area contributed by atoms with Gasteiger partial charge in [-0.3, -0.25) is 9.59 Å². The molecule has 2 saturated carbocycles. The van der Waals surface area contributed by atoms with Crippen LogP contribution in [0.15, 0.2) is 0 Å². The third-order valence-electron chi connectivity index (χ3n) is 3.92. The van der Waals surface area contributed by atoms with Gasteiger partial charge in [-0.2, -0.15) is 0 Å². The van der Waals surface area contributed by atoms with E-state index in [9.17, 15) is 14.7 Å². The Morgan fingerprint density at radius 1 is 1.06 bits per heavy atom. The Bertz CT molecular complexity index is 313. The van der Waals surface area contributed by atoms with Gasteiger partial charge < -0.3 is 14.6 Å². The van der Waals surface area contributed by atoms with E-state index < -0.39 is 23.9 Å². The maximum absolute atomic E-state index is 11.6. The van der Waals surface area contributed by atoms with E-state index >= 15 is 0 Å². The second kappa shape index (κ2) is 4.05. The molecule has 0 amide bonds. The minimum atomic E-state index is -0.536. The number of aliphatic hydroxyl groups is 1. The van der Waals surface area contributed by atoms with Gasteiger partial charge in [0.1, 0.15) is 0 Å². The quantitative estimate of drug-likeness (QED) is 0.672. The molecule has 16 heavy (non-hydrogen) atoms. The molecule has 5 nitrogen and oxygen atoms in total. The van der Waals surface area contributed by atoms with Gasteiger partial charge in [0.15, 0.2) is 0 Å². The van der Waals surface area contributed by atoms with Crippen LogP contribution in [0, 0.1) is 23.7 Å². The molecule has 0 aromatic carbocycles. The van der Waals surface area contributed by atoms with Crippen LogP contribution in [0.25, 0.3) is 0 Å². The highest BCUT2D eigenvalue weighted by atomic mass is 16.5. The Hall–Kier alpha value is -1.10. The van der Waals surface area contributed by atoms with Gasteiger partial charge in [-0.25, -0.2) is 0 Å². The smallest absolute Gasteiger partial charge is 0.309 e. The number of hydrogen-bond acceptors (Lipinski definition) is 5. The molecule has 2 aliphatic rings.